The molecule has 1 aromatic carbocycles. The minimum Gasteiger partial charge on any atom is -0.375 e. The lowest BCUT2D eigenvalue weighted by molar-refractivity contribution is 0.243. The van der Waals surface area contributed by atoms with E-state index >= 15 is 0 Å². The van der Waals surface area contributed by atoms with Crippen LogP contribution in [0.1, 0.15) is 16.0 Å². The van der Waals surface area contributed by atoms with Gasteiger partial charge in [-0.05, 0) is 31.0 Å². The molecule has 102 valence electrons. The molecular formula is C14H18ClN3S. The Kier molecular flexibility index (Phi) is 4.45. The van der Waals surface area contributed by atoms with Crippen LogP contribution in [0.4, 0.5) is 5.13 Å². The number of aromatic nitrogens is 1. The topological polar surface area (TPSA) is 42.2 Å². The van der Waals surface area contributed by atoms with E-state index in [1.165, 1.54) is 16.0 Å². The minimum absolute atomic E-state index is 0. The van der Waals surface area contributed by atoms with Crippen LogP contribution >= 0.6 is 23.7 Å². The molecule has 0 unspecified atom stereocenters. The zero-order valence-electron chi connectivity index (χ0n) is 10.9. The molecule has 1 aromatic heterocycles. The predicted octanol–water partition coefficient (Wildman–Crippen LogP) is 2.75. The number of halogens is 1. The first-order valence-electron chi connectivity index (χ1n) is 6.19. The normalized spacial score (nSPS) is 14.4. The summed E-state index contributed by atoms with van der Waals surface area (Å²) in [6, 6.07) is 9.35. The lowest BCUT2D eigenvalue weighted by atomic mass is 10.1. The number of likely N-dealkylation sites (N-methyl/N-ethyl adjacent to an activating group) is 1. The van der Waals surface area contributed by atoms with Gasteiger partial charge in [0.05, 0.1) is 0 Å². The molecular weight excluding hydrogens is 278 g/mol. The van der Waals surface area contributed by atoms with Crippen molar-refractivity contribution >= 4 is 28.9 Å². The van der Waals surface area contributed by atoms with E-state index in [1.807, 2.05) is 6.20 Å². The average Bonchev–Trinajstić information content (AvgIpc) is 2.95. The van der Waals surface area contributed by atoms with Gasteiger partial charge < -0.3 is 5.73 Å². The average molecular weight is 296 g/mol. The Morgan fingerprint density at radius 2 is 1.95 bits per heavy atom. The van der Waals surface area contributed by atoms with Crippen molar-refractivity contribution in [3.05, 3.63) is 46.5 Å². The molecule has 3 nitrogen and oxygen atoms in total. The van der Waals surface area contributed by atoms with E-state index < -0.39 is 0 Å². The van der Waals surface area contributed by atoms with Crippen molar-refractivity contribution in [2.45, 2.75) is 25.4 Å². The van der Waals surface area contributed by atoms with Crippen LogP contribution in [0.15, 0.2) is 30.5 Å². The summed E-state index contributed by atoms with van der Waals surface area (Å²) in [7, 11) is 2.19. The highest BCUT2D eigenvalue weighted by atomic mass is 35.5. The molecule has 0 saturated heterocycles. The third kappa shape index (κ3) is 3.08. The molecule has 0 fully saturated rings. The Morgan fingerprint density at radius 1 is 1.32 bits per heavy atom. The van der Waals surface area contributed by atoms with Crippen molar-refractivity contribution in [1.29, 1.82) is 0 Å². The van der Waals surface area contributed by atoms with Crippen LogP contribution in [0, 0.1) is 0 Å². The second-order valence-electron chi connectivity index (χ2n) is 4.91. The van der Waals surface area contributed by atoms with Gasteiger partial charge in [-0.1, -0.05) is 24.3 Å². The number of nitrogen functional groups attached to an aromatic ring is 1. The molecule has 0 aliphatic heterocycles. The Balaban J connectivity index is 0.00000133. The Bertz CT molecular complexity index is 530. The Labute approximate surface area is 123 Å². The third-order valence-electron chi connectivity index (χ3n) is 3.63. The summed E-state index contributed by atoms with van der Waals surface area (Å²) in [5.41, 5.74) is 8.66. The maximum absolute atomic E-state index is 5.67. The van der Waals surface area contributed by atoms with Gasteiger partial charge in [0.25, 0.3) is 0 Å². The fourth-order valence-corrected chi connectivity index (χ4v) is 3.37. The van der Waals surface area contributed by atoms with Crippen LogP contribution in [0.3, 0.4) is 0 Å². The highest BCUT2D eigenvalue weighted by Gasteiger charge is 2.24. The van der Waals surface area contributed by atoms with E-state index in [-0.39, 0.29) is 12.4 Å². The number of thiazole rings is 1. The third-order valence-corrected chi connectivity index (χ3v) is 4.44. The number of nitrogens with zero attached hydrogens (tertiary/aromatic N) is 2. The second-order valence-corrected chi connectivity index (χ2v) is 6.06. The zero-order valence-corrected chi connectivity index (χ0v) is 12.5. The van der Waals surface area contributed by atoms with Crippen LogP contribution < -0.4 is 5.73 Å². The number of hydrogen-bond donors (Lipinski definition) is 1. The number of anilines is 1. The first-order valence-corrected chi connectivity index (χ1v) is 7.01. The van der Waals surface area contributed by atoms with E-state index in [0.29, 0.717) is 11.2 Å². The molecule has 3 rings (SSSR count). The molecule has 5 heteroatoms. The van der Waals surface area contributed by atoms with Gasteiger partial charge in [-0.25, -0.2) is 4.98 Å². The monoisotopic (exact) mass is 295 g/mol. The molecule has 0 radical (unpaired) electrons. The largest absolute Gasteiger partial charge is 0.375 e. The molecule has 1 heterocycles. The van der Waals surface area contributed by atoms with Crippen molar-refractivity contribution in [3.63, 3.8) is 0 Å². The van der Waals surface area contributed by atoms with E-state index in [4.69, 9.17) is 5.73 Å². The fourth-order valence-electron chi connectivity index (χ4n) is 2.62. The maximum Gasteiger partial charge on any atom is 0.180 e. The number of rotatable bonds is 3. The standard InChI is InChI=1S/C14H17N3S.ClH/c1-17(9-13-8-16-14(15)18-13)12-6-10-4-2-3-5-11(10)7-12;/h2-5,8,12H,6-7,9H2,1H3,(H2,15,16);1H. The summed E-state index contributed by atoms with van der Waals surface area (Å²) >= 11 is 1.58. The quantitative estimate of drug-likeness (QED) is 0.947. The van der Waals surface area contributed by atoms with Crippen molar-refractivity contribution in [2.75, 3.05) is 12.8 Å². The molecule has 1 aliphatic carbocycles. The molecule has 0 spiro atoms. The summed E-state index contributed by atoms with van der Waals surface area (Å²) in [6.07, 6.45) is 4.19. The number of hydrogen-bond acceptors (Lipinski definition) is 4. The second kappa shape index (κ2) is 5.90. The summed E-state index contributed by atoms with van der Waals surface area (Å²) in [5.74, 6) is 0. The molecule has 0 amide bonds. The van der Waals surface area contributed by atoms with Crippen LogP contribution in [-0.4, -0.2) is 23.0 Å². The summed E-state index contributed by atoms with van der Waals surface area (Å²) in [6.45, 7) is 0.938. The van der Waals surface area contributed by atoms with E-state index in [0.717, 1.165) is 19.4 Å². The van der Waals surface area contributed by atoms with Crippen molar-refractivity contribution in [2.24, 2.45) is 0 Å². The Hall–Kier alpha value is -1.10. The number of nitrogens with two attached hydrogens (primary N) is 1. The smallest absolute Gasteiger partial charge is 0.180 e. The van der Waals surface area contributed by atoms with Crippen molar-refractivity contribution in [3.8, 4) is 0 Å². The van der Waals surface area contributed by atoms with Crippen molar-refractivity contribution in [1.82, 2.24) is 9.88 Å². The van der Waals surface area contributed by atoms with Crippen molar-refractivity contribution < 1.29 is 0 Å². The summed E-state index contributed by atoms with van der Waals surface area (Å²) in [4.78, 5) is 7.76. The zero-order chi connectivity index (χ0) is 12.5. The maximum atomic E-state index is 5.67. The van der Waals surface area contributed by atoms with Gasteiger partial charge in [0.2, 0.25) is 0 Å². The van der Waals surface area contributed by atoms with Gasteiger partial charge in [0.15, 0.2) is 5.13 Å². The molecule has 0 atom stereocenters. The lowest BCUT2D eigenvalue weighted by Gasteiger charge is -2.23. The highest BCUT2D eigenvalue weighted by Crippen LogP contribution is 2.26. The molecule has 2 aromatic rings. The van der Waals surface area contributed by atoms with Gasteiger partial charge >= 0.3 is 0 Å². The lowest BCUT2D eigenvalue weighted by Crippen LogP contribution is -2.31. The van der Waals surface area contributed by atoms with Crippen LogP contribution in [0.5, 0.6) is 0 Å². The number of benzene rings is 1. The van der Waals surface area contributed by atoms with Gasteiger partial charge in [-0.15, -0.1) is 23.7 Å². The van der Waals surface area contributed by atoms with E-state index in [1.54, 1.807) is 11.3 Å². The van der Waals surface area contributed by atoms with E-state index in [9.17, 15) is 0 Å². The summed E-state index contributed by atoms with van der Waals surface area (Å²) < 4.78 is 0. The fraction of sp³-hybridized carbons (Fsp3) is 0.357. The first-order chi connectivity index (χ1) is 8.72. The Morgan fingerprint density at radius 3 is 2.47 bits per heavy atom. The summed E-state index contributed by atoms with van der Waals surface area (Å²) in [5, 5.41) is 0.660. The molecule has 0 bridgehead atoms. The van der Waals surface area contributed by atoms with Gasteiger partial charge in [-0.3, -0.25) is 4.90 Å². The van der Waals surface area contributed by atoms with Crippen LogP contribution in [0.25, 0.3) is 0 Å². The van der Waals surface area contributed by atoms with Gasteiger partial charge in [0, 0.05) is 23.7 Å². The minimum atomic E-state index is 0. The van der Waals surface area contributed by atoms with E-state index in [2.05, 4.69) is 41.2 Å². The molecule has 0 saturated carbocycles. The van der Waals surface area contributed by atoms with Gasteiger partial charge in [0.1, 0.15) is 0 Å². The molecule has 2 N–H and O–H groups in total. The predicted molar refractivity (Wildman–Crippen MR) is 82.9 cm³/mol. The number of fused-ring (bicyclic) bond motifs is 1. The highest BCUT2D eigenvalue weighted by molar-refractivity contribution is 7.15. The molecule has 19 heavy (non-hydrogen) atoms. The first kappa shape index (κ1) is 14.3. The van der Waals surface area contributed by atoms with Gasteiger partial charge in [-0.2, -0.15) is 0 Å². The van der Waals surface area contributed by atoms with Crippen LogP contribution in [-0.2, 0) is 19.4 Å². The van der Waals surface area contributed by atoms with Crippen LogP contribution in [0.2, 0.25) is 0 Å². The molecule has 1 aliphatic rings. The SMILES string of the molecule is CN(Cc1cnc(N)s1)C1Cc2ccccc2C1.Cl.